The van der Waals surface area contributed by atoms with E-state index in [1.165, 1.54) is 15.8 Å². The highest BCUT2D eigenvalue weighted by Gasteiger charge is 2.21. The van der Waals surface area contributed by atoms with Gasteiger partial charge < -0.3 is 10.2 Å². The van der Waals surface area contributed by atoms with Gasteiger partial charge in [0.15, 0.2) is 0 Å². The van der Waals surface area contributed by atoms with Gasteiger partial charge in [-0.1, -0.05) is 17.3 Å². The highest BCUT2D eigenvalue weighted by Crippen LogP contribution is 2.17. The average Bonchev–Trinajstić information content (AvgIpc) is 3.18. The number of carbonyl (C=O) groups excluding carboxylic acids is 2. The lowest BCUT2D eigenvalue weighted by Crippen LogP contribution is -2.27. The molecular formula is C16H19N7O2. The van der Waals surface area contributed by atoms with Crippen molar-refractivity contribution >= 4 is 28.5 Å². The van der Waals surface area contributed by atoms with Crippen molar-refractivity contribution in [2.75, 3.05) is 19.4 Å². The molecule has 0 aliphatic carbocycles. The molecule has 3 aromatic rings. The molecule has 0 fully saturated rings. The minimum Gasteiger partial charge on any atom is -0.343 e. The number of benzene rings is 1. The zero-order valence-corrected chi connectivity index (χ0v) is 14.3. The Labute approximate surface area is 144 Å². The summed E-state index contributed by atoms with van der Waals surface area (Å²) < 4.78 is 3.07. The summed E-state index contributed by atoms with van der Waals surface area (Å²) in [5.74, 6) is -0.528. The fourth-order valence-corrected chi connectivity index (χ4v) is 2.51. The number of hydrogen-bond acceptors (Lipinski definition) is 5. The van der Waals surface area contributed by atoms with Crippen LogP contribution in [-0.2, 0) is 17.9 Å². The lowest BCUT2D eigenvalue weighted by molar-refractivity contribution is -0.116. The van der Waals surface area contributed by atoms with Crippen LogP contribution in [0.3, 0.4) is 0 Å². The van der Waals surface area contributed by atoms with E-state index in [0.717, 1.165) is 11.0 Å². The minimum atomic E-state index is -0.306. The van der Waals surface area contributed by atoms with Crippen LogP contribution >= 0.6 is 0 Å². The van der Waals surface area contributed by atoms with Gasteiger partial charge >= 0.3 is 0 Å². The Kier molecular flexibility index (Phi) is 4.46. The van der Waals surface area contributed by atoms with E-state index in [2.05, 4.69) is 20.7 Å². The third-order valence-electron chi connectivity index (χ3n) is 3.74. The summed E-state index contributed by atoms with van der Waals surface area (Å²) in [5, 5.41) is 14.9. The van der Waals surface area contributed by atoms with Crippen LogP contribution in [0.4, 0.5) is 5.69 Å². The molecule has 0 saturated heterocycles. The van der Waals surface area contributed by atoms with Crippen LogP contribution in [0.5, 0.6) is 0 Å². The number of rotatable bonds is 5. The number of aryl methyl sites for hydroxylation is 1. The van der Waals surface area contributed by atoms with Gasteiger partial charge in [-0.25, -0.2) is 4.68 Å². The number of hydrogen-bond donors (Lipinski definition) is 1. The Hall–Kier alpha value is -3.23. The summed E-state index contributed by atoms with van der Waals surface area (Å²) in [4.78, 5) is 26.2. The first-order valence-electron chi connectivity index (χ1n) is 7.86. The zero-order valence-electron chi connectivity index (χ0n) is 14.3. The van der Waals surface area contributed by atoms with Gasteiger partial charge in [0.05, 0.1) is 17.4 Å². The van der Waals surface area contributed by atoms with Gasteiger partial charge in [0.2, 0.25) is 5.91 Å². The molecule has 1 N–H and O–H groups in total. The number of fused-ring (bicyclic) bond motifs is 1. The fourth-order valence-electron chi connectivity index (χ4n) is 2.51. The first-order valence-corrected chi connectivity index (χ1v) is 7.86. The molecule has 0 radical (unpaired) electrons. The average molecular weight is 341 g/mol. The second kappa shape index (κ2) is 6.71. The van der Waals surface area contributed by atoms with Gasteiger partial charge in [0.25, 0.3) is 5.91 Å². The number of amides is 2. The Morgan fingerprint density at radius 1 is 1.20 bits per heavy atom. The summed E-state index contributed by atoms with van der Waals surface area (Å²) in [7, 11) is 3.31. The molecule has 0 aliphatic heterocycles. The zero-order chi connectivity index (χ0) is 18.0. The van der Waals surface area contributed by atoms with Crippen LogP contribution in [0.2, 0.25) is 0 Å². The van der Waals surface area contributed by atoms with Gasteiger partial charge in [0.1, 0.15) is 17.8 Å². The molecule has 0 aliphatic rings. The van der Waals surface area contributed by atoms with E-state index >= 15 is 0 Å². The molecule has 9 nitrogen and oxygen atoms in total. The fraction of sp³-hybridized carbons (Fsp3) is 0.312. The topological polar surface area (TPSA) is 97.9 Å². The number of anilines is 1. The quantitative estimate of drug-likeness (QED) is 0.746. The molecular weight excluding hydrogens is 322 g/mol. The van der Waals surface area contributed by atoms with Crippen LogP contribution in [-0.4, -0.2) is 55.6 Å². The standard InChI is InChI=1S/C16H19N7O2/c1-4-22-15(16(25)21(2)3)12(9-17-22)18-14(24)10-23-13-8-6-5-7-11(13)19-20-23/h5-9H,4,10H2,1-3H3,(H,18,24). The van der Waals surface area contributed by atoms with Gasteiger partial charge in [-0.3, -0.25) is 14.3 Å². The first-order chi connectivity index (χ1) is 12.0. The van der Waals surface area contributed by atoms with Crippen molar-refractivity contribution in [3.05, 3.63) is 36.2 Å². The summed E-state index contributed by atoms with van der Waals surface area (Å²) in [5.41, 5.74) is 2.23. The molecule has 25 heavy (non-hydrogen) atoms. The second-order valence-corrected chi connectivity index (χ2v) is 5.71. The van der Waals surface area contributed by atoms with Crippen LogP contribution < -0.4 is 5.32 Å². The minimum absolute atomic E-state index is 0.00653. The van der Waals surface area contributed by atoms with Crippen molar-refractivity contribution in [3.63, 3.8) is 0 Å². The molecule has 0 spiro atoms. The van der Waals surface area contributed by atoms with E-state index in [9.17, 15) is 9.59 Å². The van der Waals surface area contributed by atoms with Gasteiger partial charge in [-0.05, 0) is 19.1 Å². The lowest BCUT2D eigenvalue weighted by atomic mass is 10.3. The first kappa shape index (κ1) is 16.6. The van der Waals surface area contributed by atoms with E-state index < -0.39 is 0 Å². The molecule has 2 amide bonds. The van der Waals surface area contributed by atoms with Gasteiger partial charge in [-0.2, -0.15) is 5.10 Å². The molecule has 3 rings (SSSR count). The lowest BCUT2D eigenvalue weighted by Gasteiger charge is -2.13. The molecule has 130 valence electrons. The van der Waals surface area contributed by atoms with E-state index in [1.54, 1.807) is 18.8 Å². The number of para-hydroxylation sites is 1. The SMILES string of the molecule is CCn1ncc(NC(=O)Cn2nnc3ccccc32)c1C(=O)N(C)C. The smallest absolute Gasteiger partial charge is 0.273 e. The van der Waals surface area contributed by atoms with Crippen molar-refractivity contribution in [1.29, 1.82) is 0 Å². The van der Waals surface area contributed by atoms with Crippen molar-refractivity contribution in [2.24, 2.45) is 0 Å². The Morgan fingerprint density at radius 3 is 2.68 bits per heavy atom. The molecule has 2 heterocycles. The Bertz CT molecular complexity index is 926. The number of nitrogens with one attached hydrogen (secondary N) is 1. The second-order valence-electron chi connectivity index (χ2n) is 5.71. The third kappa shape index (κ3) is 3.21. The molecule has 0 saturated carbocycles. The summed E-state index contributed by atoms with van der Waals surface area (Å²) in [6, 6.07) is 7.40. The van der Waals surface area contributed by atoms with Crippen molar-refractivity contribution < 1.29 is 9.59 Å². The van der Waals surface area contributed by atoms with Crippen molar-refractivity contribution in [2.45, 2.75) is 20.0 Å². The van der Waals surface area contributed by atoms with E-state index in [1.807, 2.05) is 31.2 Å². The molecule has 0 unspecified atom stereocenters. The van der Waals surface area contributed by atoms with Crippen LogP contribution in [0, 0.1) is 0 Å². The van der Waals surface area contributed by atoms with Gasteiger partial charge in [-0.15, -0.1) is 5.10 Å². The third-order valence-corrected chi connectivity index (χ3v) is 3.74. The Balaban J connectivity index is 1.82. The van der Waals surface area contributed by atoms with Crippen molar-refractivity contribution in [3.8, 4) is 0 Å². The monoisotopic (exact) mass is 341 g/mol. The largest absolute Gasteiger partial charge is 0.343 e. The van der Waals surface area contributed by atoms with Crippen molar-refractivity contribution in [1.82, 2.24) is 29.7 Å². The summed E-state index contributed by atoms with van der Waals surface area (Å²) in [6.07, 6.45) is 1.48. The van der Waals surface area contributed by atoms with E-state index in [-0.39, 0.29) is 18.4 Å². The normalized spacial score (nSPS) is 10.8. The van der Waals surface area contributed by atoms with Crippen LogP contribution in [0.15, 0.2) is 30.5 Å². The molecule has 0 atom stereocenters. The maximum Gasteiger partial charge on any atom is 0.273 e. The number of nitrogens with zero attached hydrogens (tertiary/aromatic N) is 6. The molecule has 2 aromatic heterocycles. The maximum atomic E-state index is 12.4. The predicted molar refractivity (Wildman–Crippen MR) is 92.1 cm³/mol. The Morgan fingerprint density at radius 2 is 1.96 bits per heavy atom. The summed E-state index contributed by atoms with van der Waals surface area (Å²) in [6.45, 7) is 2.40. The molecule has 0 bridgehead atoms. The molecule has 1 aromatic carbocycles. The van der Waals surface area contributed by atoms with Crippen LogP contribution in [0.1, 0.15) is 17.4 Å². The molecule has 9 heteroatoms. The van der Waals surface area contributed by atoms with E-state index in [4.69, 9.17) is 0 Å². The van der Waals surface area contributed by atoms with Gasteiger partial charge in [0, 0.05) is 20.6 Å². The highest BCUT2D eigenvalue weighted by molar-refractivity contribution is 6.02. The number of carbonyl (C=O) groups is 2. The summed E-state index contributed by atoms with van der Waals surface area (Å²) >= 11 is 0. The predicted octanol–water partition coefficient (Wildman–Crippen LogP) is 0.988. The van der Waals surface area contributed by atoms with E-state index in [0.29, 0.717) is 17.9 Å². The number of aromatic nitrogens is 5. The highest BCUT2D eigenvalue weighted by atomic mass is 16.2. The van der Waals surface area contributed by atoms with Crippen LogP contribution in [0.25, 0.3) is 11.0 Å². The maximum absolute atomic E-state index is 12.4.